The van der Waals surface area contributed by atoms with Crippen molar-refractivity contribution in [3.05, 3.63) is 30.0 Å². The molecule has 0 aromatic carbocycles. The van der Waals surface area contributed by atoms with Crippen molar-refractivity contribution in [3.8, 4) is 0 Å². The van der Waals surface area contributed by atoms with E-state index >= 15 is 0 Å². The Hall–Kier alpha value is -2.12. The standard InChI is InChI=1S/C17H25N5O2/c1-13(8-18-3)17(22-9-16(10-23)21-12-22)20-11-19-14(2)15-4-6-24-7-5-15/h8-10,12,14-15,19H,3-7,11H2,1-2H3/b13-8-,20-17+. The van der Waals surface area contributed by atoms with Gasteiger partial charge in [0.15, 0.2) is 6.29 Å². The van der Waals surface area contributed by atoms with Crippen LogP contribution in [0.25, 0.3) is 0 Å². The second-order valence-electron chi connectivity index (χ2n) is 5.90. The summed E-state index contributed by atoms with van der Waals surface area (Å²) in [6, 6.07) is 0.369. The number of allylic oxidation sites excluding steroid dienone is 1. The summed E-state index contributed by atoms with van der Waals surface area (Å²) in [6.07, 6.45) is 7.73. The summed E-state index contributed by atoms with van der Waals surface area (Å²) in [4.78, 5) is 23.3. The first-order valence-electron chi connectivity index (χ1n) is 8.13. The third-order valence-electron chi connectivity index (χ3n) is 4.22. The third kappa shape index (κ3) is 4.94. The maximum absolute atomic E-state index is 10.8. The van der Waals surface area contributed by atoms with Crippen LogP contribution in [0.4, 0.5) is 0 Å². The van der Waals surface area contributed by atoms with Crippen LogP contribution < -0.4 is 5.32 Å². The number of aldehydes is 1. The Balaban J connectivity index is 2.05. The van der Waals surface area contributed by atoms with Crippen molar-refractivity contribution in [2.45, 2.75) is 32.7 Å². The van der Waals surface area contributed by atoms with E-state index in [0.29, 0.717) is 36.4 Å². The summed E-state index contributed by atoms with van der Waals surface area (Å²) in [5, 5.41) is 3.45. The smallest absolute Gasteiger partial charge is 0.170 e. The van der Waals surface area contributed by atoms with E-state index in [2.05, 4.69) is 33.9 Å². The predicted molar refractivity (Wildman–Crippen MR) is 94.8 cm³/mol. The molecule has 2 rings (SSSR count). The molecular formula is C17H25N5O2. The first-order valence-corrected chi connectivity index (χ1v) is 8.13. The highest BCUT2D eigenvalue weighted by molar-refractivity contribution is 5.99. The van der Waals surface area contributed by atoms with Crippen LogP contribution in [0.2, 0.25) is 0 Å². The van der Waals surface area contributed by atoms with E-state index in [4.69, 9.17) is 4.74 Å². The van der Waals surface area contributed by atoms with Crippen molar-refractivity contribution in [3.63, 3.8) is 0 Å². The molecule has 24 heavy (non-hydrogen) atoms. The summed E-state index contributed by atoms with van der Waals surface area (Å²) < 4.78 is 7.13. The number of imidazole rings is 1. The zero-order chi connectivity index (χ0) is 17.4. The fraction of sp³-hybridized carbons (Fsp3) is 0.529. The van der Waals surface area contributed by atoms with Gasteiger partial charge in [0, 0.05) is 37.2 Å². The van der Waals surface area contributed by atoms with Crippen LogP contribution in [-0.2, 0) is 4.74 Å². The Morgan fingerprint density at radius 1 is 1.58 bits per heavy atom. The van der Waals surface area contributed by atoms with Crippen molar-refractivity contribution in [1.82, 2.24) is 14.9 Å². The van der Waals surface area contributed by atoms with E-state index in [0.717, 1.165) is 31.6 Å². The second-order valence-corrected chi connectivity index (χ2v) is 5.90. The fourth-order valence-corrected chi connectivity index (χ4v) is 2.77. The van der Waals surface area contributed by atoms with Crippen LogP contribution in [0.1, 0.15) is 37.2 Å². The largest absolute Gasteiger partial charge is 0.381 e. The first kappa shape index (κ1) is 18.2. The number of carbonyl (C=O) groups excluding carboxylic acids is 1. The van der Waals surface area contributed by atoms with Gasteiger partial charge < -0.3 is 4.74 Å². The minimum Gasteiger partial charge on any atom is -0.381 e. The van der Waals surface area contributed by atoms with Gasteiger partial charge in [0.05, 0.1) is 6.67 Å². The lowest BCUT2D eigenvalue weighted by Gasteiger charge is -2.28. The van der Waals surface area contributed by atoms with Crippen LogP contribution in [-0.4, -0.2) is 54.3 Å². The highest BCUT2D eigenvalue weighted by atomic mass is 16.5. The molecule has 1 aromatic rings. The summed E-state index contributed by atoms with van der Waals surface area (Å²) in [5.74, 6) is 1.30. The van der Waals surface area contributed by atoms with E-state index in [9.17, 15) is 4.79 Å². The molecule has 0 radical (unpaired) electrons. The Kier molecular flexibility index (Phi) is 7.02. The highest BCUT2D eigenvalue weighted by Crippen LogP contribution is 2.18. The number of rotatable bonds is 7. The highest BCUT2D eigenvalue weighted by Gasteiger charge is 2.19. The molecule has 1 fully saturated rings. The van der Waals surface area contributed by atoms with Gasteiger partial charge in [-0.15, -0.1) is 0 Å². The molecule has 0 spiro atoms. The van der Waals surface area contributed by atoms with Crippen LogP contribution in [0.3, 0.4) is 0 Å². The quantitative estimate of drug-likeness (QED) is 0.470. The molecule has 7 heteroatoms. The molecule has 1 aromatic heterocycles. The van der Waals surface area contributed by atoms with Gasteiger partial charge in [0.25, 0.3) is 0 Å². The van der Waals surface area contributed by atoms with Crippen molar-refractivity contribution in [2.75, 3.05) is 19.9 Å². The van der Waals surface area contributed by atoms with E-state index in [1.807, 2.05) is 6.92 Å². The Morgan fingerprint density at radius 3 is 2.96 bits per heavy atom. The monoisotopic (exact) mass is 331 g/mol. The molecule has 1 atom stereocenters. The van der Waals surface area contributed by atoms with Gasteiger partial charge in [-0.1, -0.05) is 0 Å². The topological polar surface area (TPSA) is 80.9 Å². The molecule has 1 unspecified atom stereocenters. The number of aromatic nitrogens is 2. The summed E-state index contributed by atoms with van der Waals surface area (Å²) >= 11 is 0. The van der Waals surface area contributed by atoms with Crippen molar-refractivity contribution in [2.24, 2.45) is 15.9 Å². The molecule has 2 heterocycles. The minimum absolute atomic E-state index is 0.366. The normalized spacial score (nSPS) is 18.4. The van der Waals surface area contributed by atoms with E-state index in [1.165, 1.54) is 0 Å². The molecule has 1 N–H and O–H groups in total. The molecule has 1 aliphatic heterocycles. The Morgan fingerprint density at radius 2 is 2.33 bits per heavy atom. The molecule has 1 aliphatic rings. The zero-order valence-electron chi connectivity index (χ0n) is 14.3. The summed E-state index contributed by atoms with van der Waals surface area (Å²) in [5.41, 5.74) is 1.21. The van der Waals surface area contributed by atoms with Gasteiger partial charge in [-0.2, -0.15) is 0 Å². The molecule has 0 bridgehead atoms. The fourth-order valence-electron chi connectivity index (χ4n) is 2.77. The summed E-state index contributed by atoms with van der Waals surface area (Å²) in [6.45, 7) is 9.70. The van der Waals surface area contributed by atoms with E-state index < -0.39 is 0 Å². The van der Waals surface area contributed by atoms with Gasteiger partial charge in [0.2, 0.25) is 0 Å². The number of nitrogens with zero attached hydrogens (tertiary/aromatic N) is 4. The average molecular weight is 331 g/mol. The van der Waals surface area contributed by atoms with Crippen molar-refractivity contribution in [1.29, 1.82) is 0 Å². The van der Waals surface area contributed by atoms with Crippen LogP contribution >= 0.6 is 0 Å². The number of aliphatic imine (C=N–C) groups is 2. The average Bonchev–Trinajstić information content (AvgIpc) is 3.08. The molecule has 7 nitrogen and oxygen atoms in total. The van der Waals surface area contributed by atoms with Gasteiger partial charge in [-0.3, -0.25) is 24.7 Å². The van der Waals surface area contributed by atoms with Gasteiger partial charge in [-0.05, 0) is 39.3 Å². The van der Waals surface area contributed by atoms with E-state index in [1.54, 1.807) is 23.3 Å². The molecule has 0 aliphatic carbocycles. The number of carbonyl (C=O) groups is 1. The minimum atomic E-state index is 0.366. The molecule has 1 saturated heterocycles. The lowest BCUT2D eigenvalue weighted by atomic mass is 9.93. The maximum Gasteiger partial charge on any atom is 0.170 e. The van der Waals surface area contributed by atoms with Crippen LogP contribution in [0, 0.1) is 5.92 Å². The van der Waals surface area contributed by atoms with Crippen molar-refractivity contribution < 1.29 is 9.53 Å². The van der Waals surface area contributed by atoms with Gasteiger partial charge >= 0.3 is 0 Å². The van der Waals surface area contributed by atoms with Crippen LogP contribution in [0.5, 0.6) is 0 Å². The first-order chi connectivity index (χ1) is 11.7. The second kappa shape index (κ2) is 9.24. The number of hydrogen-bond acceptors (Lipinski definition) is 6. The Bertz CT molecular complexity index is 614. The van der Waals surface area contributed by atoms with Crippen molar-refractivity contribution >= 4 is 18.8 Å². The SMILES string of the molecule is C=N/C=C(C)\C(=N/CNC(C)C1CCOCC1)n1cnc(C=O)c1. The molecular weight excluding hydrogens is 306 g/mol. The third-order valence-corrected chi connectivity index (χ3v) is 4.22. The van der Waals surface area contributed by atoms with Crippen LogP contribution in [0.15, 0.2) is 34.3 Å². The van der Waals surface area contributed by atoms with E-state index in [-0.39, 0.29) is 0 Å². The number of ether oxygens (including phenoxy) is 1. The summed E-state index contributed by atoms with van der Waals surface area (Å²) in [7, 11) is 0. The molecule has 0 amide bonds. The lowest BCUT2D eigenvalue weighted by molar-refractivity contribution is 0.0561. The molecule has 130 valence electrons. The molecule has 0 saturated carbocycles. The zero-order valence-corrected chi connectivity index (χ0v) is 14.3. The number of nitrogens with one attached hydrogen (secondary N) is 1. The maximum atomic E-state index is 10.8. The van der Waals surface area contributed by atoms with Gasteiger partial charge in [0.1, 0.15) is 17.9 Å². The predicted octanol–water partition coefficient (Wildman–Crippen LogP) is 1.91. The number of hydrogen-bond donors (Lipinski definition) is 1. The van der Waals surface area contributed by atoms with Gasteiger partial charge in [-0.25, -0.2) is 4.98 Å². The Labute approximate surface area is 142 Å². The lowest BCUT2D eigenvalue weighted by Crippen LogP contribution is -2.37.